The van der Waals surface area contributed by atoms with Crippen LogP contribution in [0.25, 0.3) is 0 Å². The Hall–Kier alpha value is -1.30. The zero-order valence-electron chi connectivity index (χ0n) is 15.5. The van der Waals surface area contributed by atoms with Crippen LogP contribution in [-0.4, -0.2) is 29.3 Å². The van der Waals surface area contributed by atoms with Crippen LogP contribution in [0.5, 0.6) is 0 Å². The number of benzene rings is 2. The van der Waals surface area contributed by atoms with Crippen molar-refractivity contribution in [3.8, 4) is 0 Å². The normalized spacial score (nSPS) is 15.8. The number of hydrogen-bond acceptors (Lipinski definition) is 4. The monoisotopic (exact) mass is 466 g/mol. The van der Waals surface area contributed by atoms with Gasteiger partial charge in [0, 0.05) is 22.0 Å². The van der Waals surface area contributed by atoms with Gasteiger partial charge in [0.25, 0.3) is 0 Å². The fourth-order valence-electron chi connectivity index (χ4n) is 2.81. The highest BCUT2D eigenvalue weighted by atomic mass is 79.9. The average Bonchev–Trinajstić information content (AvgIpc) is 3.16. The molecule has 0 aliphatic carbocycles. The maximum atomic E-state index is 12.9. The number of amidine groups is 1. The SMILES string of the molecule is Br.CCc1ccc(C(=O)CN(C2=NC(CC)CS2)c2ccc(Cl)cc2)cc1. The Kier molecular flexibility index (Phi) is 8.39. The molecule has 1 heterocycles. The summed E-state index contributed by atoms with van der Waals surface area (Å²) in [7, 11) is 0. The standard InChI is InChI=1S/C21H23ClN2OS.BrH/c1-3-15-5-7-16(8-6-15)20(25)13-24(19-11-9-17(22)10-12-19)21-23-18(4-2)14-26-21;/h5-12,18H,3-4,13-14H2,1-2H3;1H. The fraction of sp³-hybridized carbons (Fsp3) is 0.333. The maximum absolute atomic E-state index is 12.9. The Morgan fingerprint density at radius 3 is 2.37 bits per heavy atom. The Morgan fingerprint density at radius 1 is 1.15 bits per heavy atom. The highest BCUT2D eigenvalue weighted by molar-refractivity contribution is 8.93. The molecule has 0 bridgehead atoms. The predicted molar refractivity (Wildman–Crippen MR) is 123 cm³/mol. The van der Waals surface area contributed by atoms with Crippen molar-refractivity contribution in [1.29, 1.82) is 0 Å². The topological polar surface area (TPSA) is 32.7 Å². The predicted octanol–water partition coefficient (Wildman–Crippen LogP) is 6.05. The van der Waals surface area contributed by atoms with Crippen LogP contribution < -0.4 is 4.90 Å². The van der Waals surface area contributed by atoms with Gasteiger partial charge in [-0.25, -0.2) is 0 Å². The second-order valence-corrected chi connectivity index (χ2v) is 7.74. The maximum Gasteiger partial charge on any atom is 0.182 e. The molecule has 1 unspecified atom stereocenters. The number of ketones is 1. The lowest BCUT2D eigenvalue weighted by molar-refractivity contribution is 0.100. The van der Waals surface area contributed by atoms with Gasteiger partial charge in [-0.1, -0.05) is 61.5 Å². The lowest BCUT2D eigenvalue weighted by Gasteiger charge is -2.23. The zero-order chi connectivity index (χ0) is 18.5. The molecule has 2 aromatic carbocycles. The van der Waals surface area contributed by atoms with Gasteiger partial charge >= 0.3 is 0 Å². The van der Waals surface area contributed by atoms with Crippen LogP contribution in [0.15, 0.2) is 53.5 Å². The van der Waals surface area contributed by atoms with Gasteiger partial charge in [0.05, 0.1) is 12.6 Å². The van der Waals surface area contributed by atoms with E-state index >= 15 is 0 Å². The number of rotatable bonds is 6. The van der Waals surface area contributed by atoms with Crippen molar-refractivity contribution in [3.05, 3.63) is 64.7 Å². The smallest absolute Gasteiger partial charge is 0.182 e. The molecular formula is C21H24BrClN2OS. The van der Waals surface area contributed by atoms with Crippen molar-refractivity contribution >= 4 is 57.0 Å². The van der Waals surface area contributed by atoms with Gasteiger partial charge in [-0.3, -0.25) is 9.79 Å². The van der Waals surface area contributed by atoms with Crippen molar-refractivity contribution in [2.75, 3.05) is 17.2 Å². The van der Waals surface area contributed by atoms with Crippen molar-refractivity contribution < 1.29 is 4.79 Å². The number of anilines is 1. The summed E-state index contributed by atoms with van der Waals surface area (Å²) in [5.74, 6) is 1.06. The minimum atomic E-state index is 0. The van der Waals surface area contributed by atoms with E-state index in [1.807, 2.05) is 53.4 Å². The van der Waals surface area contributed by atoms with Gasteiger partial charge in [0.15, 0.2) is 11.0 Å². The summed E-state index contributed by atoms with van der Waals surface area (Å²) in [6.45, 7) is 4.53. The summed E-state index contributed by atoms with van der Waals surface area (Å²) in [6, 6.07) is 15.8. The van der Waals surface area contributed by atoms with Crippen molar-refractivity contribution in [1.82, 2.24) is 0 Å². The van der Waals surface area contributed by atoms with E-state index in [0.717, 1.165) is 35.0 Å². The molecular weight excluding hydrogens is 444 g/mol. The second kappa shape index (κ2) is 10.3. The molecule has 0 radical (unpaired) electrons. The van der Waals surface area contributed by atoms with Crippen LogP contribution in [0, 0.1) is 0 Å². The molecule has 0 N–H and O–H groups in total. The molecule has 27 heavy (non-hydrogen) atoms. The summed E-state index contributed by atoms with van der Waals surface area (Å²) < 4.78 is 0. The van der Waals surface area contributed by atoms with Crippen LogP contribution in [0.3, 0.4) is 0 Å². The second-order valence-electron chi connectivity index (χ2n) is 6.32. The number of aryl methyl sites for hydroxylation is 1. The Balaban J connectivity index is 0.00000261. The number of carbonyl (C=O) groups excluding carboxylic acids is 1. The first kappa shape index (κ1) is 22.0. The summed E-state index contributed by atoms with van der Waals surface area (Å²) in [4.78, 5) is 19.7. The Labute approximate surface area is 181 Å². The highest BCUT2D eigenvalue weighted by Crippen LogP contribution is 2.28. The van der Waals surface area contributed by atoms with Crippen molar-refractivity contribution in [3.63, 3.8) is 0 Å². The van der Waals surface area contributed by atoms with Gasteiger partial charge in [-0.05, 0) is 42.7 Å². The molecule has 0 saturated carbocycles. The van der Waals surface area contributed by atoms with E-state index in [9.17, 15) is 4.79 Å². The molecule has 0 fully saturated rings. The molecule has 0 aromatic heterocycles. The minimum absolute atomic E-state index is 0. The molecule has 2 aromatic rings. The van der Waals surface area contributed by atoms with Gasteiger partial charge in [-0.2, -0.15) is 0 Å². The number of hydrogen-bond donors (Lipinski definition) is 0. The first-order chi connectivity index (χ1) is 12.6. The Bertz CT molecular complexity index is 793. The molecule has 1 aliphatic rings. The van der Waals surface area contributed by atoms with Crippen LogP contribution in [-0.2, 0) is 6.42 Å². The third-order valence-electron chi connectivity index (χ3n) is 4.52. The molecule has 0 spiro atoms. The minimum Gasteiger partial charge on any atom is -0.313 e. The summed E-state index contributed by atoms with van der Waals surface area (Å²) in [5.41, 5.74) is 2.91. The van der Waals surface area contributed by atoms with E-state index in [1.54, 1.807) is 11.8 Å². The van der Waals surface area contributed by atoms with Crippen LogP contribution >= 0.6 is 40.3 Å². The summed E-state index contributed by atoms with van der Waals surface area (Å²) in [6.07, 6.45) is 1.98. The van der Waals surface area contributed by atoms with Crippen LogP contribution in [0.1, 0.15) is 36.2 Å². The molecule has 3 nitrogen and oxygen atoms in total. The number of Topliss-reactive ketones (excluding diaryl/α,β-unsaturated/α-hetero) is 1. The molecule has 144 valence electrons. The third-order valence-corrected chi connectivity index (χ3v) is 5.91. The number of aliphatic imine (C=N–C) groups is 1. The van der Waals surface area contributed by atoms with Gasteiger partial charge in [0.2, 0.25) is 0 Å². The summed E-state index contributed by atoms with van der Waals surface area (Å²) >= 11 is 7.75. The lowest BCUT2D eigenvalue weighted by Crippen LogP contribution is -2.33. The average molecular weight is 468 g/mol. The molecule has 0 amide bonds. The van der Waals surface area contributed by atoms with Gasteiger partial charge in [0.1, 0.15) is 0 Å². The first-order valence-corrected chi connectivity index (χ1v) is 10.3. The number of thioether (sulfide) groups is 1. The van der Waals surface area contributed by atoms with E-state index < -0.39 is 0 Å². The number of nitrogens with zero attached hydrogens (tertiary/aromatic N) is 2. The lowest BCUT2D eigenvalue weighted by atomic mass is 10.1. The highest BCUT2D eigenvalue weighted by Gasteiger charge is 2.25. The molecule has 0 saturated heterocycles. The fourth-order valence-corrected chi connectivity index (χ4v) is 4.14. The van der Waals surface area contributed by atoms with E-state index in [1.165, 1.54) is 5.56 Å². The molecule has 3 rings (SSSR count). The van der Waals surface area contributed by atoms with Crippen molar-refractivity contribution in [2.45, 2.75) is 32.7 Å². The van der Waals surface area contributed by atoms with Crippen molar-refractivity contribution in [2.24, 2.45) is 4.99 Å². The number of carbonyl (C=O) groups is 1. The molecule has 1 aliphatic heterocycles. The Morgan fingerprint density at radius 2 is 1.81 bits per heavy atom. The van der Waals surface area contributed by atoms with E-state index in [4.69, 9.17) is 16.6 Å². The zero-order valence-corrected chi connectivity index (χ0v) is 18.8. The molecule has 1 atom stereocenters. The quantitative estimate of drug-likeness (QED) is 0.485. The largest absolute Gasteiger partial charge is 0.313 e. The van der Waals surface area contributed by atoms with E-state index in [-0.39, 0.29) is 29.3 Å². The van der Waals surface area contributed by atoms with E-state index in [0.29, 0.717) is 11.1 Å². The van der Waals surface area contributed by atoms with Crippen LogP contribution in [0.2, 0.25) is 5.02 Å². The van der Waals surface area contributed by atoms with Gasteiger partial charge < -0.3 is 4.90 Å². The summed E-state index contributed by atoms with van der Waals surface area (Å²) in [5, 5.41) is 1.60. The third kappa shape index (κ3) is 5.59. The van der Waals surface area contributed by atoms with E-state index in [2.05, 4.69) is 13.8 Å². The number of halogens is 2. The molecule has 6 heteroatoms. The first-order valence-electron chi connectivity index (χ1n) is 8.96. The van der Waals surface area contributed by atoms with Gasteiger partial charge in [-0.15, -0.1) is 17.0 Å². The van der Waals surface area contributed by atoms with Crippen LogP contribution in [0.4, 0.5) is 5.69 Å².